The van der Waals surface area contributed by atoms with Crippen molar-refractivity contribution in [2.75, 3.05) is 6.54 Å². The number of hydrogen-bond donors (Lipinski definition) is 1. The maximum absolute atomic E-state index is 4.35. The smallest absolute Gasteiger partial charge is 0.153 e. The molecule has 1 N–H and O–H groups in total. The molecule has 0 atom stereocenters. The van der Waals surface area contributed by atoms with Crippen molar-refractivity contribution in [3.8, 4) is 5.82 Å². The minimum absolute atomic E-state index is 0.807. The molecule has 4 nitrogen and oxygen atoms in total. The first-order chi connectivity index (χ1) is 8.92. The van der Waals surface area contributed by atoms with Crippen LogP contribution in [0.3, 0.4) is 0 Å². The third kappa shape index (κ3) is 2.96. The van der Waals surface area contributed by atoms with E-state index in [0.717, 1.165) is 24.8 Å². The summed E-state index contributed by atoms with van der Waals surface area (Å²) in [4.78, 5) is 4.28. The number of aromatic nitrogens is 3. The Kier molecular flexibility index (Phi) is 3.37. The van der Waals surface area contributed by atoms with Gasteiger partial charge in [0, 0.05) is 18.4 Å². The van der Waals surface area contributed by atoms with E-state index in [1.807, 2.05) is 29.1 Å². The van der Waals surface area contributed by atoms with Gasteiger partial charge in [-0.05, 0) is 49.9 Å². The molecule has 3 rings (SSSR count). The van der Waals surface area contributed by atoms with Crippen LogP contribution in [0.1, 0.15) is 24.8 Å². The van der Waals surface area contributed by atoms with Crippen molar-refractivity contribution in [1.82, 2.24) is 20.1 Å². The van der Waals surface area contributed by atoms with Crippen molar-refractivity contribution in [3.05, 3.63) is 42.4 Å². The fourth-order valence-corrected chi connectivity index (χ4v) is 1.99. The molecule has 0 aliphatic heterocycles. The molecule has 0 bridgehead atoms. The molecule has 0 spiro atoms. The van der Waals surface area contributed by atoms with Gasteiger partial charge in [-0.2, -0.15) is 5.10 Å². The zero-order valence-corrected chi connectivity index (χ0v) is 10.4. The van der Waals surface area contributed by atoms with Crippen molar-refractivity contribution >= 4 is 0 Å². The first-order valence-electron chi connectivity index (χ1n) is 6.60. The third-order valence-electron chi connectivity index (χ3n) is 3.17. The summed E-state index contributed by atoms with van der Waals surface area (Å²) in [5.74, 6) is 0.875. The summed E-state index contributed by atoms with van der Waals surface area (Å²) < 4.78 is 1.84. The molecule has 94 valence electrons. The van der Waals surface area contributed by atoms with Crippen LogP contribution in [0.15, 0.2) is 36.8 Å². The van der Waals surface area contributed by atoms with Gasteiger partial charge in [0.2, 0.25) is 0 Å². The Balaban J connectivity index is 1.52. The summed E-state index contributed by atoms with van der Waals surface area (Å²) in [5, 5.41) is 7.87. The number of pyridine rings is 1. The molecular weight excluding hydrogens is 224 g/mol. The monoisotopic (exact) mass is 242 g/mol. The Hall–Kier alpha value is -1.68. The summed E-state index contributed by atoms with van der Waals surface area (Å²) in [6.07, 6.45) is 10.8. The molecule has 4 heteroatoms. The first kappa shape index (κ1) is 11.4. The van der Waals surface area contributed by atoms with Crippen molar-refractivity contribution in [1.29, 1.82) is 0 Å². The number of rotatable bonds is 6. The van der Waals surface area contributed by atoms with Crippen LogP contribution in [0.2, 0.25) is 0 Å². The molecule has 1 saturated carbocycles. The largest absolute Gasteiger partial charge is 0.314 e. The average Bonchev–Trinajstić information content (AvgIpc) is 3.12. The Labute approximate surface area is 107 Å². The van der Waals surface area contributed by atoms with Crippen LogP contribution >= 0.6 is 0 Å². The lowest BCUT2D eigenvalue weighted by Gasteiger charge is -2.00. The lowest BCUT2D eigenvalue weighted by Crippen LogP contribution is -2.17. The van der Waals surface area contributed by atoms with Gasteiger partial charge < -0.3 is 5.32 Å². The van der Waals surface area contributed by atoms with E-state index in [2.05, 4.69) is 21.6 Å². The van der Waals surface area contributed by atoms with Crippen LogP contribution in [0.5, 0.6) is 0 Å². The molecule has 0 aromatic carbocycles. The molecule has 0 radical (unpaired) electrons. The van der Waals surface area contributed by atoms with Gasteiger partial charge >= 0.3 is 0 Å². The fourth-order valence-electron chi connectivity index (χ4n) is 1.99. The van der Waals surface area contributed by atoms with Crippen LogP contribution in [-0.4, -0.2) is 27.4 Å². The molecule has 1 fully saturated rings. The SMILES string of the molecule is c1ccc(-n2cc(CCCNC3CC3)cn2)nc1. The van der Waals surface area contributed by atoms with E-state index >= 15 is 0 Å². The van der Waals surface area contributed by atoms with Crippen LogP contribution in [0.25, 0.3) is 5.82 Å². The van der Waals surface area contributed by atoms with Crippen LogP contribution in [-0.2, 0) is 6.42 Å². The van der Waals surface area contributed by atoms with E-state index in [-0.39, 0.29) is 0 Å². The maximum Gasteiger partial charge on any atom is 0.153 e. The normalized spacial score (nSPS) is 14.9. The van der Waals surface area contributed by atoms with Gasteiger partial charge in [0.1, 0.15) is 0 Å². The summed E-state index contributed by atoms with van der Waals surface area (Å²) in [6.45, 7) is 1.11. The Morgan fingerprint density at radius 1 is 1.33 bits per heavy atom. The fraction of sp³-hybridized carbons (Fsp3) is 0.429. The minimum Gasteiger partial charge on any atom is -0.314 e. The molecule has 2 aromatic rings. The van der Waals surface area contributed by atoms with Gasteiger partial charge in [0.05, 0.1) is 6.20 Å². The topological polar surface area (TPSA) is 42.7 Å². The maximum atomic E-state index is 4.35. The lowest BCUT2D eigenvalue weighted by atomic mass is 10.2. The van der Waals surface area contributed by atoms with Crippen LogP contribution in [0, 0.1) is 0 Å². The second-order valence-electron chi connectivity index (χ2n) is 4.81. The van der Waals surface area contributed by atoms with E-state index < -0.39 is 0 Å². The van der Waals surface area contributed by atoms with Crippen LogP contribution in [0.4, 0.5) is 0 Å². The van der Waals surface area contributed by atoms with E-state index in [1.54, 1.807) is 6.20 Å². The molecule has 0 saturated heterocycles. The lowest BCUT2D eigenvalue weighted by molar-refractivity contribution is 0.645. The highest BCUT2D eigenvalue weighted by atomic mass is 15.3. The number of nitrogens with zero attached hydrogens (tertiary/aromatic N) is 3. The quantitative estimate of drug-likeness (QED) is 0.787. The van der Waals surface area contributed by atoms with Gasteiger partial charge in [-0.3, -0.25) is 0 Å². The number of nitrogens with one attached hydrogen (secondary N) is 1. The molecule has 1 aliphatic carbocycles. The highest BCUT2D eigenvalue weighted by molar-refractivity contribution is 5.22. The van der Waals surface area contributed by atoms with Crippen molar-refractivity contribution in [2.45, 2.75) is 31.7 Å². The molecule has 18 heavy (non-hydrogen) atoms. The summed E-state index contributed by atoms with van der Waals surface area (Å²) >= 11 is 0. The predicted octanol–water partition coefficient (Wildman–Crippen LogP) is 1.95. The molecular formula is C14H18N4. The van der Waals surface area contributed by atoms with Crippen molar-refractivity contribution < 1.29 is 0 Å². The van der Waals surface area contributed by atoms with E-state index in [9.17, 15) is 0 Å². The zero-order chi connectivity index (χ0) is 12.2. The summed E-state index contributed by atoms with van der Waals surface area (Å²) in [6, 6.07) is 6.66. The Morgan fingerprint density at radius 3 is 3.06 bits per heavy atom. The van der Waals surface area contributed by atoms with Gasteiger partial charge in [-0.15, -0.1) is 0 Å². The number of hydrogen-bond acceptors (Lipinski definition) is 3. The average molecular weight is 242 g/mol. The predicted molar refractivity (Wildman–Crippen MR) is 70.7 cm³/mol. The first-order valence-corrected chi connectivity index (χ1v) is 6.60. The van der Waals surface area contributed by atoms with Crippen molar-refractivity contribution in [2.24, 2.45) is 0 Å². The minimum atomic E-state index is 0.807. The van der Waals surface area contributed by atoms with E-state index in [1.165, 1.54) is 24.8 Å². The summed E-state index contributed by atoms with van der Waals surface area (Å²) in [5.41, 5.74) is 1.28. The molecule has 2 aromatic heterocycles. The number of aryl methyl sites for hydroxylation is 1. The van der Waals surface area contributed by atoms with E-state index in [4.69, 9.17) is 0 Å². The van der Waals surface area contributed by atoms with Gasteiger partial charge in [-0.1, -0.05) is 6.07 Å². The van der Waals surface area contributed by atoms with E-state index in [0.29, 0.717) is 0 Å². The second-order valence-corrected chi connectivity index (χ2v) is 4.81. The Bertz CT molecular complexity index is 488. The molecule has 2 heterocycles. The second kappa shape index (κ2) is 5.31. The highest BCUT2D eigenvalue weighted by Gasteiger charge is 2.19. The Morgan fingerprint density at radius 2 is 2.28 bits per heavy atom. The van der Waals surface area contributed by atoms with Gasteiger partial charge in [0.15, 0.2) is 5.82 Å². The zero-order valence-electron chi connectivity index (χ0n) is 10.4. The summed E-state index contributed by atoms with van der Waals surface area (Å²) in [7, 11) is 0. The van der Waals surface area contributed by atoms with Crippen molar-refractivity contribution in [3.63, 3.8) is 0 Å². The molecule has 0 unspecified atom stereocenters. The van der Waals surface area contributed by atoms with Gasteiger partial charge in [-0.25, -0.2) is 9.67 Å². The third-order valence-corrected chi connectivity index (χ3v) is 3.17. The molecule has 0 amide bonds. The van der Waals surface area contributed by atoms with Gasteiger partial charge in [0.25, 0.3) is 0 Å². The highest BCUT2D eigenvalue weighted by Crippen LogP contribution is 2.18. The standard InChI is InChI=1S/C14H18N4/c1-2-8-16-14(5-1)18-11-12(10-17-18)4-3-9-15-13-6-7-13/h1-2,5,8,10-11,13,15H,3-4,6-7,9H2. The molecule has 1 aliphatic rings. The van der Waals surface area contributed by atoms with Crippen LogP contribution < -0.4 is 5.32 Å².